The van der Waals surface area contributed by atoms with Gasteiger partial charge in [-0.1, -0.05) is 29.8 Å². The predicted molar refractivity (Wildman–Crippen MR) is 62.4 cm³/mol. The van der Waals surface area contributed by atoms with E-state index in [1.54, 1.807) is 7.05 Å². The minimum Gasteiger partial charge on any atom is -0.481 e. The number of carboxylic acid groups (broad SMARTS) is 1. The summed E-state index contributed by atoms with van der Waals surface area (Å²) in [4.78, 5) is 24.3. The van der Waals surface area contributed by atoms with Crippen molar-refractivity contribution in [3.63, 3.8) is 0 Å². The number of nitrogens with zero attached hydrogens (tertiary/aromatic N) is 1. The number of hydrogen-bond acceptors (Lipinski definition) is 2. The van der Waals surface area contributed by atoms with E-state index in [2.05, 4.69) is 0 Å². The van der Waals surface area contributed by atoms with Crippen molar-refractivity contribution < 1.29 is 14.7 Å². The van der Waals surface area contributed by atoms with E-state index in [4.69, 9.17) is 0 Å². The van der Waals surface area contributed by atoms with Crippen molar-refractivity contribution in [2.75, 3.05) is 7.05 Å². The van der Waals surface area contributed by atoms with Gasteiger partial charge >= 0.3 is 5.97 Å². The Kier molecular flexibility index (Phi) is 2.88. The Morgan fingerprint density at radius 3 is 2.76 bits per heavy atom. The first-order valence-electron chi connectivity index (χ1n) is 5.55. The molecule has 1 fully saturated rings. The quantitative estimate of drug-likeness (QED) is 0.844. The number of likely N-dealkylation sites (tertiary alicyclic amines) is 1. The van der Waals surface area contributed by atoms with E-state index in [0.29, 0.717) is 0 Å². The predicted octanol–water partition coefficient (Wildman–Crippen LogP) is 1.60. The van der Waals surface area contributed by atoms with Crippen LogP contribution in [0.15, 0.2) is 24.3 Å². The van der Waals surface area contributed by atoms with Gasteiger partial charge in [-0.25, -0.2) is 0 Å². The van der Waals surface area contributed by atoms with Crippen molar-refractivity contribution >= 4 is 11.9 Å². The van der Waals surface area contributed by atoms with Crippen LogP contribution in [0, 0.1) is 12.8 Å². The third kappa shape index (κ3) is 2.02. The molecule has 1 amide bonds. The van der Waals surface area contributed by atoms with Crippen LogP contribution in [-0.4, -0.2) is 28.9 Å². The molecule has 1 aromatic rings. The molecule has 1 aliphatic heterocycles. The second kappa shape index (κ2) is 4.20. The smallest absolute Gasteiger partial charge is 0.309 e. The molecule has 1 aliphatic rings. The molecule has 1 aromatic carbocycles. The van der Waals surface area contributed by atoms with Crippen LogP contribution >= 0.6 is 0 Å². The maximum absolute atomic E-state index is 11.6. The summed E-state index contributed by atoms with van der Waals surface area (Å²) in [6, 6.07) is 7.31. The standard InChI is InChI=1S/C13H15NO3/c1-8-4-3-5-9(6-8)12-10(13(16)17)7-11(15)14(12)2/h3-6,10,12H,7H2,1-2H3,(H,16,17)/t10-,12-/m0/s1. The molecule has 1 heterocycles. The Labute approximate surface area is 99.9 Å². The van der Waals surface area contributed by atoms with Crippen LogP contribution in [-0.2, 0) is 9.59 Å². The average molecular weight is 233 g/mol. The van der Waals surface area contributed by atoms with Gasteiger partial charge in [-0.2, -0.15) is 0 Å². The lowest BCUT2D eigenvalue weighted by Gasteiger charge is -2.23. The Morgan fingerprint density at radius 2 is 2.18 bits per heavy atom. The molecule has 4 nitrogen and oxygen atoms in total. The number of amides is 1. The van der Waals surface area contributed by atoms with E-state index in [1.807, 2.05) is 31.2 Å². The first kappa shape index (κ1) is 11.6. The first-order chi connectivity index (χ1) is 8.00. The number of rotatable bonds is 2. The molecule has 0 unspecified atom stereocenters. The van der Waals surface area contributed by atoms with Crippen molar-refractivity contribution in [2.45, 2.75) is 19.4 Å². The highest BCUT2D eigenvalue weighted by Crippen LogP contribution is 2.37. The van der Waals surface area contributed by atoms with Gasteiger partial charge in [-0.15, -0.1) is 0 Å². The summed E-state index contributed by atoms with van der Waals surface area (Å²) >= 11 is 0. The molecular formula is C13H15NO3. The number of carboxylic acids is 1. The molecule has 2 rings (SSSR count). The third-order valence-corrected chi connectivity index (χ3v) is 3.29. The van der Waals surface area contributed by atoms with Crippen LogP contribution in [0.1, 0.15) is 23.6 Å². The largest absolute Gasteiger partial charge is 0.481 e. The number of aryl methyl sites for hydroxylation is 1. The lowest BCUT2D eigenvalue weighted by atomic mass is 9.93. The molecule has 0 radical (unpaired) electrons. The van der Waals surface area contributed by atoms with E-state index in [0.717, 1.165) is 11.1 Å². The summed E-state index contributed by atoms with van der Waals surface area (Å²) in [5.74, 6) is -1.66. The lowest BCUT2D eigenvalue weighted by molar-refractivity contribution is -0.142. The van der Waals surface area contributed by atoms with E-state index >= 15 is 0 Å². The van der Waals surface area contributed by atoms with Gasteiger partial charge in [0.25, 0.3) is 0 Å². The maximum atomic E-state index is 11.6. The summed E-state index contributed by atoms with van der Waals surface area (Å²) in [5.41, 5.74) is 1.96. The van der Waals surface area contributed by atoms with Crippen LogP contribution in [0.4, 0.5) is 0 Å². The van der Waals surface area contributed by atoms with Crippen LogP contribution in [0.5, 0.6) is 0 Å². The summed E-state index contributed by atoms with van der Waals surface area (Å²) in [6.07, 6.45) is 0.0877. The molecule has 4 heteroatoms. The fourth-order valence-electron chi connectivity index (χ4n) is 2.40. The second-order valence-electron chi connectivity index (χ2n) is 4.51. The van der Waals surface area contributed by atoms with Crippen molar-refractivity contribution in [1.29, 1.82) is 0 Å². The van der Waals surface area contributed by atoms with Crippen molar-refractivity contribution in [3.05, 3.63) is 35.4 Å². The van der Waals surface area contributed by atoms with E-state index in [1.165, 1.54) is 4.90 Å². The summed E-state index contributed by atoms with van der Waals surface area (Å²) < 4.78 is 0. The maximum Gasteiger partial charge on any atom is 0.309 e. The molecule has 0 bridgehead atoms. The fraction of sp³-hybridized carbons (Fsp3) is 0.385. The number of aliphatic carboxylic acids is 1. The molecule has 17 heavy (non-hydrogen) atoms. The molecule has 1 N–H and O–H groups in total. The lowest BCUT2D eigenvalue weighted by Crippen LogP contribution is -2.26. The van der Waals surface area contributed by atoms with Crippen LogP contribution < -0.4 is 0 Å². The Balaban J connectivity index is 2.40. The van der Waals surface area contributed by atoms with Gasteiger partial charge in [-0.05, 0) is 12.5 Å². The van der Waals surface area contributed by atoms with Crippen molar-refractivity contribution in [2.24, 2.45) is 5.92 Å². The van der Waals surface area contributed by atoms with Crippen molar-refractivity contribution in [1.82, 2.24) is 4.90 Å². The Bertz CT molecular complexity index is 469. The SMILES string of the molecule is Cc1cccc([C@H]2[C@@H](C(=O)O)CC(=O)N2C)c1. The number of carbonyl (C=O) groups excluding carboxylic acids is 1. The zero-order valence-corrected chi connectivity index (χ0v) is 9.88. The minimum absolute atomic E-state index is 0.0877. The molecule has 0 aliphatic carbocycles. The summed E-state index contributed by atoms with van der Waals surface area (Å²) in [5, 5.41) is 9.17. The summed E-state index contributed by atoms with van der Waals surface area (Å²) in [7, 11) is 1.66. The molecule has 1 saturated heterocycles. The topological polar surface area (TPSA) is 57.6 Å². The molecule has 2 atom stereocenters. The van der Waals surface area contributed by atoms with Crippen molar-refractivity contribution in [3.8, 4) is 0 Å². The Morgan fingerprint density at radius 1 is 1.47 bits per heavy atom. The normalized spacial score (nSPS) is 24.1. The van der Waals surface area contributed by atoms with Gasteiger partial charge in [-0.3, -0.25) is 9.59 Å². The molecule has 90 valence electrons. The van der Waals surface area contributed by atoms with Gasteiger partial charge in [0.2, 0.25) is 5.91 Å². The van der Waals surface area contributed by atoms with Gasteiger partial charge in [0.05, 0.1) is 12.0 Å². The zero-order chi connectivity index (χ0) is 12.6. The van der Waals surface area contributed by atoms with Crippen LogP contribution in [0.2, 0.25) is 0 Å². The van der Waals surface area contributed by atoms with Gasteiger partial charge in [0.1, 0.15) is 0 Å². The monoisotopic (exact) mass is 233 g/mol. The highest BCUT2D eigenvalue weighted by Gasteiger charge is 2.42. The van der Waals surface area contributed by atoms with Gasteiger partial charge in [0.15, 0.2) is 0 Å². The number of carbonyl (C=O) groups is 2. The highest BCUT2D eigenvalue weighted by atomic mass is 16.4. The molecule has 0 saturated carbocycles. The molecular weight excluding hydrogens is 218 g/mol. The number of hydrogen-bond donors (Lipinski definition) is 1. The molecule has 0 aromatic heterocycles. The highest BCUT2D eigenvalue weighted by molar-refractivity contribution is 5.87. The van der Waals surface area contributed by atoms with E-state index < -0.39 is 11.9 Å². The second-order valence-corrected chi connectivity index (χ2v) is 4.51. The zero-order valence-electron chi connectivity index (χ0n) is 9.88. The van der Waals surface area contributed by atoms with E-state index in [-0.39, 0.29) is 18.4 Å². The minimum atomic E-state index is -0.908. The average Bonchev–Trinajstić information content (AvgIpc) is 2.56. The third-order valence-electron chi connectivity index (χ3n) is 3.29. The Hall–Kier alpha value is -1.84. The first-order valence-corrected chi connectivity index (χ1v) is 5.55. The number of benzene rings is 1. The summed E-state index contributed by atoms with van der Waals surface area (Å²) in [6.45, 7) is 1.95. The van der Waals surface area contributed by atoms with Crippen LogP contribution in [0.25, 0.3) is 0 Å². The molecule has 0 spiro atoms. The van der Waals surface area contributed by atoms with Gasteiger partial charge < -0.3 is 10.0 Å². The fourth-order valence-corrected chi connectivity index (χ4v) is 2.40. The van der Waals surface area contributed by atoms with Crippen LogP contribution in [0.3, 0.4) is 0 Å². The van der Waals surface area contributed by atoms with E-state index in [9.17, 15) is 14.7 Å². The van der Waals surface area contributed by atoms with Gasteiger partial charge in [0, 0.05) is 13.5 Å².